The second kappa shape index (κ2) is 10.2. The lowest BCUT2D eigenvalue weighted by molar-refractivity contribution is 0.0963. The number of nitrogens with zero attached hydrogens (tertiary/aromatic N) is 1. The first-order valence-electron chi connectivity index (χ1n) is 10.6. The number of carbonyl (C=O) groups excluding carboxylic acids is 1. The van der Waals surface area contributed by atoms with Crippen molar-refractivity contribution in [3.05, 3.63) is 59.2 Å². The van der Waals surface area contributed by atoms with Gasteiger partial charge in [-0.15, -0.1) is 0 Å². The van der Waals surface area contributed by atoms with Crippen molar-refractivity contribution in [3.8, 4) is 11.5 Å². The Hall–Kier alpha value is -3.22. The minimum atomic E-state index is -0.130. The van der Waals surface area contributed by atoms with E-state index in [0.717, 1.165) is 29.4 Å². The molecule has 0 saturated carbocycles. The molecular weight excluding hydrogens is 392 g/mol. The van der Waals surface area contributed by atoms with Crippen LogP contribution in [0.3, 0.4) is 0 Å². The lowest BCUT2D eigenvalue weighted by atomic mass is 9.84. The smallest absolute Gasteiger partial charge is 0.251 e. The molecule has 1 aliphatic rings. The minimum absolute atomic E-state index is 0.0753. The summed E-state index contributed by atoms with van der Waals surface area (Å²) in [5.74, 6) is 2.27. The summed E-state index contributed by atoms with van der Waals surface area (Å²) in [6.07, 6.45) is 0.789. The second-order valence-corrected chi connectivity index (χ2v) is 8.12. The molecule has 2 aromatic carbocycles. The monoisotopic (exact) mass is 424 g/mol. The molecule has 7 heteroatoms. The van der Waals surface area contributed by atoms with Gasteiger partial charge in [-0.05, 0) is 41.8 Å². The molecule has 0 spiro atoms. The standard InChI is InChI=1S/C24H32N4O3/c1-24(2,19-8-9-20-21(15-19)31-13-12-30-20)16-28-23(26-4)27-11-10-17-6-5-7-18(14-17)22(29)25-3/h5-9,14-15H,10-13,16H2,1-4H3,(H,25,29)(H2,26,27,28). The molecule has 2 aromatic rings. The molecule has 0 fully saturated rings. The molecule has 3 rings (SSSR count). The molecule has 7 nitrogen and oxygen atoms in total. The molecule has 0 atom stereocenters. The van der Waals surface area contributed by atoms with Crippen LogP contribution >= 0.6 is 0 Å². The van der Waals surface area contributed by atoms with Crippen LogP contribution in [0.25, 0.3) is 0 Å². The first-order chi connectivity index (χ1) is 14.9. The number of benzene rings is 2. The summed E-state index contributed by atoms with van der Waals surface area (Å²) in [6.45, 7) is 6.96. The highest BCUT2D eigenvalue weighted by molar-refractivity contribution is 5.94. The Kier molecular flexibility index (Phi) is 7.39. The molecule has 0 bridgehead atoms. The van der Waals surface area contributed by atoms with E-state index in [1.54, 1.807) is 14.1 Å². The van der Waals surface area contributed by atoms with Crippen molar-refractivity contribution in [3.63, 3.8) is 0 Å². The summed E-state index contributed by atoms with van der Waals surface area (Å²) in [7, 11) is 3.40. The van der Waals surface area contributed by atoms with Crippen LogP contribution in [0.2, 0.25) is 0 Å². The Morgan fingerprint density at radius 3 is 2.58 bits per heavy atom. The molecule has 3 N–H and O–H groups in total. The molecule has 0 aromatic heterocycles. The van der Waals surface area contributed by atoms with E-state index in [0.29, 0.717) is 31.9 Å². The Morgan fingerprint density at radius 1 is 1.06 bits per heavy atom. The Balaban J connectivity index is 1.52. The van der Waals surface area contributed by atoms with Crippen LogP contribution in [-0.4, -0.2) is 52.3 Å². The minimum Gasteiger partial charge on any atom is -0.486 e. The van der Waals surface area contributed by atoms with Crippen LogP contribution in [0.1, 0.15) is 35.3 Å². The van der Waals surface area contributed by atoms with Gasteiger partial charge in [0.2, 0.25) is 0 Å². The van der Waals surface area contributed by atoms with Gasteiger partial charge in [0.1, 0.15) is 13.2 Å². The zero-order chi connectivity index (χ0) is 22.3. The number of aliphatic imine (C=N–C) groups is 1. The molecule has 166 valence electrons. The van der Waals surface area contributed by atoms with Crippen molar-refractivity contribution < 1.29 is 14.3 Å². The van der Waals surface area contributed by atoms with Crippen molar-refractivity contribution >= 4 is 11.9 Å². The van der Waals surface area contributed by atoms with E-state index in [9.17, 15) is 4.79 Å². The van der Waals surface area contributed by atoms with E-state index in [1.807, 2.05) is 30.3 Å². The van der Waals surface area contributed by atoms with Gasteiger partial charge in [-0.2, -0.15) is 0 Å². The summed E-state index contributed by atoms with van der Waals surface area (Å²) < 4.78 is 11.3. The fourth-order valence-corrected chi connectivity index (χ4v) is 3.43. The number of guanidine groups is 1. The van der Waals surface area contributed by atoms with Gasteiger partial charge >= 0.3 is 0 Å². The first-order valence-corrected chi connectivity index (χ1v) is 10.6. The predicted octanol–water partition coefficient (Wildman–Crippen LogP) is 2.50. The van der Waals surface area contributed by atoms with Crippen molar-refractivity contribution in [1.82, 2.24) is 16.0 Å². The van der Waals surface area contributed by atoms with Crippen molar-refractivity contribution in [2.24, 2.45) is 4.99 Å². The maximum Gasteiger partial charge on any atom is 0.251 e. The van der Waals surface area contributed by atoms with Crippen LogP contribution in [0.5, 0.6) is 11.5 Å². The van der Waals surface area contributed by atoms with Gasteiger partial charge in [-0.1, -0.05) is 32.0 Å². The van der Waals surface area contributed by atoms with E-state index < -0.39 is 0 Å². The Labute approximate surface area is 184 Å². The van der Waals surface area contributed by atoms with Crippen LogP contribution in [0.15, 0.2) is 47.5 Å². The fraction of sp³-hybridized carbons (Fsp3) is 0.417. The SMILES string of the molecule is CN=C(NCCc1cccc(C(=O)NC)c1)NCC(C)(C)c1ccc2c(c1)OCCO2. The maximum atomic E-state index is 11.8. The maximum absolute atomic E-state index is 11.8. The molecule has 31 heavy (non-hydrogen) atoms. The van der Waals surface area contributed by atoms with Gasteiger partial charge < -0.3 is 25.4 Å². The largest absolute Gasteiger partial charge is 0.486 e. The number of hydrogen-bond donors (Lipinski definition) is 3. The van der Waals surface area contributed by atoms with Gasteiger partial charge in [0, 0.05) is 38.2 Å². The number of nitrogens with one attached hydrogen (secondary N) is 3. The summed E-state index contributed by atoms with van der Waals surface area (Å²) >= 11 is 0. The van der Waals surface area contributed by atoms with E-state index in [4.69, 9.17) is 9.47 Å². The second-order valence-electron chi connectivity index (χ2n) is 8.12. The normalized spacial score (nSPS) is 13.5. The number of hydrogen-bond acceptors (Lipinski definition) is 4. The topological polar surface area (TPSA) is 84.0 Å². The summed E-state index contributed by atoms with van der Waals surface area (Å²) in [6, 6.07) is 13.8. The summed E-state index contributed by atoms with van der Waals surface area (Å²) in [5, 5.41) is 9.42. The van der Waals surface area contributed by atoms with Crippen molar-refractivity contribution in [1.29, 1.82) is 0 Å². The van der Waals surface area contributed by atoms with Gasteiger partial charge in [0.25, 0.3) is 5.91 Å². The van der Waals surface area contributed by atoms with Gasteiger partial charge in [0.15, 0.2) is 17.5 Å². The number of fused-ring (bicyclic) bond motifs is 1. The first kappa shape index (κ1) is 22.5. The molecule has 0 saturated heterocycles. The Morgan fingerprint density at radius 2 is 1.84 bits per heavy atom. The van der Waals surface area contributed by atoms with Crippen molar-refractivity contribution in [2.45, 2.75) is 25.7 Å². The molecule has 0 radical (unpaired) electrons. The lowest BCUT2D eigenvalue weighted by Crippen LogP contribution is -2.44. The summed E-state index contributed by atoms with van der Waals surface area (Å²) in [4.78, 5) is 16.1. The number of rotatable bonds is 7. The highest BCUT2D eigenvalue weighted by Gasteiger charge is 2.23. The Bertz CT molecular complexity index is 940. The van der Waals surface area contributed by atoms with Gasteiger partial charge in [-0.25, -0.2) is 0 Å². The lowest BCUT2D eigenvalue weighted by Gasteiger charge is -2.28. The van der Waals surface area contributed by atoms with Crippen LogP contribution in [0.4, 0.5) is 0 Å². The number of amides is 1. The van der Waals surface area contributed by atoms with Crippen LogP contribution in [-0.2, 0) is 11.8 Å². The van der Waals surface area contributed by atoms with Gasteiger partial charge in [0.05, 0.1) is 0 Å². The quantitative estimate of drug-likeness (QED) is 0.470. The highest BCUT2D eigenvalue weighted by atomic mass is 16.6. The van der Waals surface area contributed by atoms with Crippen molar-refractivity contribution in [2.75, 3.05) is 40.4 Å². The van der Waals surface area contributed by atoms with E-state index in [-0.39, 0.29) is 11.3 Å². The number of ether oxygens (including phenoxy) is 2. The zero-order valence-corrected chi connectivity index (χ0v) is 18.7. The molecule has 0 unspecified atom stereocenters. The van der Waals surface area contributed by atoms with Crippen LogP contribution in [0, 0.1) is 0 Å². The van der Waals surface area contributed by atoms with E-state index in [1.165, 1.54) is 5.56 Å². The average molecular weight is 425 g/mol. The molecular formula is C24H32N4O3. The van der Waals surface area contributed by atoms with E-state index >= 15 is 0 Å². The third kappa shape index (κ3) is 5.90. The zero-order valence-electron chi connectivity index (χ0n) is 18.7. The highest BCUT2D eigenvalue weighted by Crippen LogP contribution is 2.34. The fourth-order valence-electron chi connectivity index (χ4n) is 3.43. The summed E-state index contributed by atoms with van der Waals surface area (Å²) in [5.41, 5.74) is 2.81. The predicted molar refractivity (Wildman–Crippen MR) is 123 cm³/mol. The van der Waals surface area contributed by atoms with Crippen LogP contribution < -0.4 is 25.4 Å². The molecule has 1 heterocycles. The number of carbonyl (C=O) groups is 1. The average Bonchev–Trinajstić information content (AvgIpc) is 2.80. The third-order valence-electron chi connectivity index (χ3n) is 5.37. The van der Waals surface area contributed by atoms with Gasteiger partial charge in [-0.3, -0.25) is 9.79 Å². The van der Waals surface area contributed by atoms with E-state index in [2.05, 4.69) is 46.9 Å². The molecule has 1 aliphatic heterocycles. The third-order valence-corrected chi connectivity index (χ3v) is 5.37. The molecule has 1 amide bonds. The molecule has 0 aliphatic carbocycles.